The lowest BCUT2D eigenvalue weighted by Gasteiger charge is -2.07. The number of anilines is 1. The minimum atomic E-state index is -0.375. The van der Waals surface area contributed by atoms with Crippen LogP contribution in [0.5, 0.6) is 5.75 Å². The first-order valence-corrected chi connectivity index (χ1v) is 6.35. The number of hydrogen-bond acceptors (Lipinski definition) is 2. The molecule has 0 spiro atoms. The highest BCUT2D eigenvalue weighted by Gasteiger charge is 2.09. The summed E-state index contributed by atoms with van der Waals surface area (Å²) in [7, 11) is 0. The number of hydrogen-bond donors (Lipinski definition) is 2. The van der Waals surface area contributed by atoms with Gasteiger partial charge in [0.2, 0.25) is 0 Å². The van der Waals surface area contributed by atoms with Gasteiger partial charge in [0.1, 0.15) is 5.75 Å². The van der Waals surface area contributed by atoms with Crippen LogP contribution in [0.1, 0.15) is 10.4 Å². The molecule has 0 fully saturated rings. The Kier molecular flexibility index (Phi) is 4.20. The minimum Gasteiger partial charge on any atom is -0.506 e. The van der Waals surface area contributed by atoms with Gasteiger partial charge >= 0.3 is 0 Å². The maximum Gasteiger partial charge on any atom is 0.255 e. The van der Waals surface area contributed by atoms with Gasteiger partial charge in [-0.3, -0.25) is 4.79 Å². The molecule has 2 rings (SSSR count). The van der Waals surface area contributed by atoms with Crippen LogP contribution < -0.4 is 5.32 Å². The lowest BCUT2D eigenvalue weighted by molar-refractivity contribution is 0.102. The third kappa shape index (κ3) is 3.53. The second-order valence-corrected chi connectivity index (χ2v) is 5.06. The summed E-state index contributed by atoms with van der Waals surface area (Å²) in [6, 6.07) is 8.90. The largest absolute Gasteiger partial charge is 0.506 e. The Balaban J connectivity index is 2.22. The topological polar surface area (TPSA) is 49.3 Å². The van der Waals surface area contributed by atoms with Crippen LogP contribution in [-0.4, -0.2) is 11.0 Å². The minimum absolute atomic E-state index is 0.0796. The van der Waals surface area contributed by atoms with Gasteiger partial charge in [-0.05, 0) is 36.4 Å². The molecule has 0 unspecified atom stereocenters. The van der Waals surface area contributed by atoms with Crippen molar-refractivity contribution < 1.29 is 9.90 Å². The number of carbonyl (C=O) groups is 1. The summed E-state index contributed by atoms with van der Waals surface area (Å²) in [6.07, 6.45) is 0. The maximum absolute atomic E-state index is 12.0. The Labute approximate surface area is 124 Å². The fraction of sp³-hybridized carbons (Fsp3) is 0. The summed E-state index contributed by atoms with van der Waals surface area (Å²) in [6.45, 7) is 0. The number of phenolic OH excluding ortho intramolecular Hbond substituents is 1. The molecule has 0 radical (unpaired) electrons. The molecule has 0 saturated carbocycles. The van der Waals surface area contributed by atoms with Crippen molar-refractivity contribution in [1.82, 2.24) is 0 Å². The van der Waals surface area contributed by atoms with E-state index in [2.05, 4.69) is 5.32 Å². The third-order valence-corrected chi connectivity index (χ3v) is 3.07. The van der Waals surface area contributed by atoms with Crippen molar-refractivity contribution in [3.05, 3.63) is 57.0 Å². The Morgan fingerprint density at radius 2 is 1.63 bits per heavy atom. The van der Waals surface area contributed by atoms with Gasteiger partial charge in [-0.2, -0.15) is 0 Å². The Hall–Kier alpha value is -1.42. The highest BCUT2D eigenvalue weighted by molar-refractivity contribution is 6.35. The van der Waals surface area contributed by atoms with Crippen LogP contribution >= 0.6 is 34.8 Å². The van der Waals surface area contributed by atoms with Crippen molar-refractivity contribution in [1.29, 1.82) is 0 Å². The van der Waals surface area contributed by atoms with Crippen molar-refractivity contribution >= 4 is 46.4 Å². The first-order valence-electron chi connectivity index (χ1n) is 5.21. The van der Waals surface area contributed by atoms with Gasteiger partial charge in [0.15, 0.2) is 0 Å². The van der Waals surface area contributed by atoms with E-state index < -0.39 is 0 Å². The van der Waals surface area contributed by atoms with Crippen molar-refractivity contribution in [3.63, 3.8) is 0 Å². The van der Waals surface area contributed by atoms with Crippen molar-refractivity contribution in [2.75, 3.05) is 5.32 Å². The average molecular weight is 317 g/mol. The number of amides is 1. The lowest BCUT2D eigenvalue weighted by atomic mass is 10.2. The molecule has 2 aromatic carbocycles. The van der Waals surface area contributed by atoms with Crippen LogP contribution in [0.25, 0.3) is 0 Å². The number of rotatable bonds is 2. The van der Waals surface area contributed by atoms with E-state index in [1.54, 1.807) is 18.2 Å². The molecule has 2 aromatic rings. The summed E-state index contributed by atoms with van der Waals surface area (Å²) < 4.78 is 0. The molecule has 6 heteroatoms. The predicted octanol–water partition coefficient (Wildman–Crippen LogP) is 4.60. The van der Waals surface area contributed by atoms with Crippen molar-refractivity contribution in [2.24, 2.45) is 0 Å². The van der Waals surface area contributed by atoms with Crippen molar-refractivity contribution in [3.8, 4) is 5.75 Å². The molecule has 0 aromatic heterocycles. The number of benzene rings is 2. The average Bonchev–Trinajstić information content (AvgIpc) is 2.31. The maximum atomic E-state index is 12.0. The molecule has 19 heavy (non-hydrogen) atoms. The summed E-state index contributed by atoms with van der Waals surface area (Å²) in [4.78, 5) is 12.0. The van der Waals surface area contributed by atoms with Crippen LogP contribution in [0.4, 0.5) is 5.69 Å². The number of aromatic hydroxyl groups is 1. The standard InChI is InChI=1S/C13H8Cl3NO2/c14-8-4-9(15)6-10(5-8)17-13(19)7-1-2-12(18)11(16)3-7/h1-6,18H,(H,17,19). The van der Waals surface area contributed by atoms with E-state index in [0.717, 1.165) is 0 Å². The normalized spacial score (nSPS) is 10.3. The molecule has 0 aliphatic carbocycles. The highest BCUT2D eigenvalue weighted by atomic mass is 35.5. The van der Waals surface area contributed by atoms with Crippen LogP contribution in [0, 0.1) is 0 Å². The van der Waals surface area contributed by atoms with E-state index in [0.29, 0.717) is 21.3 Å². The fourth-order valence-electron chi connectivity index (χ4n) is 1.48. The zero-order valence-corrected chi connectivity index (χ0v) is 11.7. The van der Waals surface area contributed by atoms with E-state index in [1.165, 1.54) is 18.2 Å². The molecular weight excluding hydrogens is 309 g/mol. The first kappa shape index (κ1) is 14.0. The summed E-state index contributed by atoms with van der Waals surface area (Å²) in [5, 5.41) is 12.9. The smallest absolute Gasteiger partial charge is 0.255 e. The summed E-state index contributed by atoms with van der Waals surface area (Å²) in [5.74, 6) is -0.454. The van der Waals surface area contributed by atoms with E-state index in [9.17, 15) is 9.90 Å². The van der Waals surface area contributed by atoms with Gasteiger partial charge in [-0.15, -0.1) is 0 Å². The van der Waals surface area contributed by atoms with Crippen LogP contribution in [0.15, 0.2) is 36.4 Å². The Bertz CT molecular complexity index is 624. The molecule has 0 saturated heterocycles. The van der Waals surface area contributed by atoms with E-state index in [-0.39, 0.29) is 16.7 Å². The molecule has 1 amide bonds. The first-order chi connectivity index (χ1) is 8.95. The van der Waals surface area contributed by atoms with Gasteiger partial charge in [0, 0.05) is 21.3 Å². The van der Waals surface area contributed by atoms with Crippen LogP contribution in [-0.2, 0) is 0 Å². The van der Waals surface area contributed by atoms with E-state index >= 15 is 0 Å². The van der Waals surface area contributed by atoms with E-state index in [1.807, 2.05) is 0 Å². The lowest BCUT2D eigenvalue weighted by Crippen LogP contribution is -2.11. The van der Waals surface area contributed by atoms with Gasteiger partial charge in [0.05, 0.1) is 5.02 Å². The summed E-state index contributed by atoms with van der Waals surface area (Å²) in [5.41, 5.74) is 0.797. The van der Waals surface area contributed by atoms with E-state index in [4.69, 9.17) is 34.8 Å². The molecule has 2 N–H and O–H groups in total. The molecule has 98 valence electrons. The molecule has 0 bridgehead atoms. The number of phenols is 1. The van der Waals surface area contributed by atoms with Gasteiger partial charge in [0.25, 0.3) is 5.91 Å². The van der Waals surface area contributed by atoms with Gasteiger partial charge < -0.3 is 10.4 Å². The quantitative estimate of drug-likeness (QED) is 0.850. The zero-order chi connectivity index (χ0) is 14.0. The van der Waals surface area contributed by atoms with Gasteiger partial charge in [-0.1, -0.05) is 34.8 Å². The monoisotopic (exact) mass is 315 g/mol. The molecule has 0 aliphatic heterocycles. The molecule has 3 nitrogen and oxygen atoms in total. The highest BCUT2D eigenvalue weighted by Crippen LogP contribution is 2.25. The molecular formula is C13H8Cl3NO2. The third-order valence-electron chi connectivity index (χ3n) is 2.33. The predicted molar refractivity (Wildman–Crippen MR) is 77.5 cm³/mol. The Morgan fingerprint density at radius 3 is 2.21 bits per heavy atom. The van der Waals surface area contributed by atoms with Crippen LogP contribution in [0.3, 0.4) is 0 Å². The van der Waals surface area contributed by atoms with Gasteiger partial charge in [-0.25, -0.2) is 0 Å². The Morgan fingerprint density at radius 1 is 1.00 bits per heavy atom. The second-order valence-electron chi connectivity index (χ2n) is 3.78. The molecule has 0 atom stereocenters. The number of carbonyl (C=O) groups excluding carboxylic acids is 1. The molecule has 0 heterocycles. The number of halogens is 3. The zero-order valence-electron chi connectivity index (χ0n) is 9.45. The molecule has 0 aliphatic rings. The summed E-state index contributed by atoms with van der Waals surface area (Å²) >= 11 is 17.4. The fourth-order valence-corrected chi connectivity index (χ4v) is 2.18. The second kappa shape index (κ2) is 5.70. The van der Waals surface area contributed by atoms with Crippen molar-refractivity contribution in [2.45, 2.75) is 0 Å². The SMILES string of the molecule is O=C(Nc1cc(Cl)cc(Cl)c1)c1ccc(O)c(Cl)c1. The van der Waals surface area contributed by atoms with Crippen LogP contribution in [0.2, 0.25) is 15.1 Å². The number of nitrogens with one attached hydrogen (secondary N) is 1.